The van der Waals surface area contributed by atoms with Crippen LogP contribution in [0.4, 0.5) is 0 Å². The van der Waals surface area contributed by atoms with Crippen LogP contribution in [0.25, 0.3) is 0 Å². The number of aliphatic imine (C=N–C) groups is 1. The Kier molecular flexibility index (Phi) is 11.4. The van der Waals surface area contributed by atoms with Crippen molar-refractivity contribution in [2.75, 3.05) is 40.0 Å². The third-order valence-corrected chi connectivity index (χ3v) is 3.32. The van der Waals surface area contributed by atoms with Crippen LogP contribution >= 0.6 is 24.0 Å². The van der Waals surface area contributed by atoms with Crippen molar-refractivity contribution in [1.29, 1.82) is 0 Å². The Labute approximate surface area is 146 Å². The maximum Gasteiger partial charge on any atom is 0.191 e. The van der Waals surface area contributed by atoms with E-state index in [1.807, 2.05) is 13.8 Å². The highest BCUT2D eigenvalue weighted by Gasteiger charge is 2.20. The van der Waals surface area contributed by atoms with Crippen molar-refractivity contribution < 1.29 is 9.47 Å². The quantitative estimate of drug-likeness (QED) is 0.250. The number of methoxy groups -OCH3 is 1. The van der Waals surface area contributed by atoms with Gasteiger partial charge in [-0.1, -0.05) is 0 Å². The predicted octanol–water partition coefficient (Wildman–Crippen LogP) is 2.40. The van der Waals surface area contributed by atoms with Gasteiger partial charge in [-0.05, 0) is 46.0 Å². The normalized spacial score (nSPS) is 15.5. The highest BCUT2D eigenvalue weighted by molar-refractivity contribution is 14.0. The Balaban J connectivity index is 0.00000400. The summed E-state index contributed by atoms with van der Waals surface area (Å²) in [6.07, 6.45) is 3.71. The third-order valence-electron chi connectivity index (χ3n) is 3.32. The molecule has 0 aromatic heterocycles. The van der Waals surface area contributed by atoms with Gasteiger partial charge in [0, 0.05) is 33.4 Å². The Bertz CT molecular complexity index is 295. The Morgan fingerprint density at radius 1 is 1.29 bits per heavy atom. The zero-order valence-corrected chi connectivity index (χ0v) is 16.2. The molecule has 0 amide bonds. The molecular weight excluding hydrogens is 381 g/mol. The van der Waals surface area contributed by atoms with Crippen LogP contribution in [-0.2, 0) is 9.47 Å². The Hall–Kier alpha value is -0.0800. The number of guanidine groups is 1. The van der Waals surface area contributed by atoms with Crippen LogP contribution in [0, 0.1) is 5.92 Å². The molecule has 0 unspecified atom stereocenters. The molecule has 0 heterocycles. The van der Waals surface area contributed by atoms with E-state index < -0.39 is 0 Å². The maximum atomic E-state index is 5.61. The fourth-order valence-electron chi connectivity index (χ4n) is 1.59. The summed E-state index contributed by atoms with van der Waals surface area (Å²) in [5, 5.41) is 6.57. The summed E-state index contributed by atoms with van der Waals surface area (Å²) in [6, 6.07) is 0. The summed E-state index contributed by atoms with van der Waals surface area (Å²) >= 11 is 0. The molecule has 1 fully saturated rings. The molecule has 0 spiro atoms. The van der Waals surface area contributed by atoms with Crippen molar-refractivity contribution in [3.8, 4) is 0 Å². The van der Waals surface area contributed by atoms with Crippen LogP contribution < -0.4 is 10.6 Å². The van der Waals surface area contributed by atoms with Crippen LogP contribution in [0.1, 0.15) is 40.0 Å². The number of halogens is 1. The van der Waals surface area contributed by atoms with E-state index in [0.29, 0.717) is 6.54 Å². The van der Waals surface area contributed by atoms with Gasteiger partial charge in [-0.15, -0.1) is 24.0 Å². The summed E-state index contributed by atoms with van der Waals surface area (Å²) in [6.45, 7) is 10.3. The topological polar surface area (TPSA) is 54.9 Å². The first kappa shape index (κ1) is 20.9. The third kappa shape index (κ3) is 11.2. The number of hydrogen-bond acceptors (Lipinski definition) is 3. The van der Waals surface area contributed by atoms with Gasteiger partial charge in [0.2, 0.25) is 0 Å². The van der Waals surface area contributed by atoms with Gasteiger partial charge in [-0.3, -0.25) is 4.99 Å². The highest BCUT2D eigenvalue weighted by Crippen LogP contribution is 2.28. The van der Waals surface area contributed by atoms with Crippen molar-refractivity contribution in [1.82, 2.24) is 10.6 Å². The molecule has 5 nitrogen and oxygen atoms in total. The van der Waals surface area contributed by atoms with Crippen LogP contribution in [0.15, 0.2) is 4.99 Å². The molecule has 1 saturated carbocycles. The lowest BCUT2D eigenvalue weighted by Gasteiger charge is -2.21. The van der Waals surface area contributed by atoms with Crippen LogP contribution in [0.5, 0.6) is 0 Å². The Morgan fingerprint density at radius 2 is 2.00 bits per heavy atom. The largest absolute Gasteiger partial charge is 0.381 e. The second kappa shape index (κ2) is 11.5. The van der Waals surface area contributed by atoms with Crippen molar-refractivity contribution in [3.05, 3.63) is 0 Å². The predicted molar refractivity (Wildman–Crippen MR) is 98.6 cm³/mol. The molecule has 0 atom stereocenters. The van der Waals surface area contributed by atoms with Gasteiger partial charge >= 0.3 is 0 Å². The summed E-state index contributed by atoms with van der Waals surface area (Å²) in [7, 11) is 1.72. The summed E-state index contributed by atoms with van der Waals surface area (Å²) in [5.74, 6) is 1.69. The van der Waals surface area contributed by atoms with E-state index in [1.165, 1.54) is 12.8 Å². The average molecular weight is 413 g/mol. The lowest BCUT2D eigenvalue weighted by Crippen LogP contribution is -2.39. The van der Waals surface area contributed by atoms with Crippen molar-refractivity contribution in [2.45, 2.75) is 45.6 Å². The van der Waals surface area contributed by atoms with E-state index in [-0.39, 0.29) is 29.6 Å². The summed E-state index contributed by atoms with van der Waals surface area (Å²) in [5.41, 5.74) is -0.226. The van der Waals surface area contributed by atoms with Gasteiger partial charge in [0.1, 0.15) is 0 Å². The highest BCUT2D eigenvalue weighted by atomic mass is 127. The second-order valence-corrected chi connectivity index (χ2v) is 5.96. The molecule has 0 aliphatic heterocycles. The van der Waals surface area contributed by atoms with Gasteiger partial charge in [0.25, 0.3) is 0 Å². The molecule has 1 rings (SSSR count). The lowest BCUT2D eigenvalue weighted by atomic mass is 10.1. The van der Waals surface area contributed by atoms with Crippen molar-refractivity contribution >= 4 is 29.9 Å². The van der Waals surface area contributed by atoms with E-state index in [2.05, 4.69) is 22.5 Å². The minimum atomic E-state index is -0.226. The fourth-order valence-corrected chi connectivity index (χ4v) is 1.59. The zero-order valence-electron chi connectivity index (χ0n) is 13.9. The van der Waals surface area contributed by atoms with Gasteiger partial charge < -0.3 is 20.1 Å². The summed E-state index contributed by atoms with van der Waals surface area (Å²) < 4.78 is 11.0. The van der Waals surface area contributed by atoms with Crippen molar-refractivity contribution in [3.63, 3.8) is 0 Å². The molecule has 1 aliphatic rings. The Morgan fingerprint density at radius 3 is 2.57 bits per heavy atom. The van der Waals surface area contributed by atoms with E-state index in [4.69, 9.17) is 9.47 Å². The first-order valence-corrected chi connectivity index (χ1v) is 7.72. The minimum absolute atomic E-state index is 0. The second-order valence-electron chi connectivity index (χ2n) is 5.96. The fraction of sp³-hybridized carbons (Fsp3) is 0.933. The van der Waals surface area contributed by atoms with E-state index in [1.54, 1.807) is 7.11 Å². The van der Waals surface area contributed by atoms with E-state index in [0.717, 1.165) is 44.6 Å². The maximum absolute atomic E-state index is 5.61. The van der Waals surface area contributed by atoms with Gasteiger partial charge in [0.15, 0.2) is 5.96 Å². The van der Waals surface area contributed by atoms with E-state index in [9.17, 15) is 0 Å². The number of nitrogens with zero attached hydrogens (tertiary/aromatic N) is 1. The SMILES string of the molecule is CCNC(=NCC(C)(C)OC)NCCCOCC1CC1.I. The standard InChI is InChI=1S/C15H31N3O2.HI/c1-5-16-14(18-12-15(2,3)19-4)17-9-6-10-20-11-13-7-8-13;/h13H,5-12H2,1-4H3,(H2,16,17,18);1H. The molecule has 0 radical (unpaired) electrons. The molecule has 2 N–H and O–H groups in total. The molecule has 6 heteroatoms. The number of ether oxygens (including phenoxy) is 2. The molecule has 126 valence electrons. The molecule has 0 bridgehead atoms. The molecule has 0 saturated heterocycles. The lowest BCUT2D eigenvalue weighted by molar-refractivity contribution is 0.0310. The molecule has 1 aliphatic carbocycles. The van der Waals surface area contributed by atoms with Crippen molar-refractivity contribution in [2.24, 2.45) is 10.9 Å². The zero-order chi connectivity index (χ0) is 14.8. The van der Waals surface area contributed by atoms with Crippen LogP contribution in [0.2, 0.25) is 0 Å². The van der Waals surface area contributed by atoms with Gasteiger partial charge in [-0.2, -0.15) is 0 Å². The molecule has 21 heavy (non-hydrogen) atoms. The first-order valence-electron chi connectivity index (χ1n) is 7.72. The minimum Gasteiger partial charge on any atom is -0.381 e. The van der Waals surface area contributed by atoms with Gasteiger partial charge in [-0.25, -0.2) is 0 Å². The molecule has 0 aromatic carbocycles. The average Bonchev–Trinajstić information content (AvgIpc) is 3.24. The van der Waals surface area contributed by atoms with Crippen LogP contribution in [-0.4, -0.2) is 51.5 Å². The molecular formula is C15H32IN3O2. The number of rotatable bonds is 10. The smallest absolute Gasteiger partial charge is 0.191 e. The van der Waals surface area contributed by atoms with E-state index >= 15 is 0 Å². The summed E-state index contributed by atoms with van der Waals surface area (Å²) in [4.78, 5) is 4.54. The number of hydrogen-bond donors (Lipinski definition) is 2. The van der Waals surface area contributed by atoms with Gasteiger partial charge in [0.05, 0.1) is 12.1 Å². The first-order chi connectivity index (χ1) is 9.57. The van der Waals surface area contributed by atoms with Crippen LogP contribution in [0.3, 0.4) is 0 Å². The monoisotopic (exact) mass is 413 g/mol. The number of nitrogens with one attached hydrogen (secondary N) is 2. The molecule has 0 aromatic rings.